The number of hydrogen-bond acceptors (Lipinski definition) is 7. The number of carbonyl (C=O) groups is 4. The molecule has 2 unspecified atom stereocenters. The number of ether oxygens (including phenoxy) is 2. The molecule has 2 aliphatic rings. The molecule has 0 spiro atoms. The zero-order valence-corrected chi connectivity index (χ0v) is 23.0. The lowest BCUT2D eigenvalue weighted by Gasteiger charge is -2.29. The highest BCUT2D eigenvalue weighted by Gasteiger charge is 2.68. The van der Waals surface area contributed by atoms with Gasteiger partial charge >= 0.3 is 12.2 Å². The highest BCUT2D eigenvalue weighted by Crippen LogP contribution is 2.59. The minimum Gasteiger partial charge on any atom is -0.453 e. The van der Waals surface area contributed by atoms with Crippen LogP contribution >= 0.6 is 15.9 Å². The Kier molecular flexibility index (Phi) is 8.17. The molecule has 3 rings (SSSR count). The third kappa shape index (κ3) is 6.45. The van der Waals surface area contributed by atoms with E-state index in [9.17, 15) is 19.2 Å². The maximum Gasteiger partial charge on any atom is 0.411 e. The molecular weight excluding hydrogens is 534 g/mol. The van der Waals surface area contributed by atoms with Crippen molar-refractivity contribution in [3.05, 3.63) is 22.8 Å². The van der Waals surface area contributed by atoms with Crippen LogP contribution in [0.5, 0.6) is 0 Å². The third-order valence-corrected chi connectivity index (χ3v) is 6.76. The third-order valence-electron chi connectivity index (χ3n) is 6.31. The molecular formula is C24H34BrN5O6. The van der Waals surface area contributed by atoms with Crippen LogP contribution < -0.4 is 16.0 Å². The number of aromatic nitrogens is 1. The molecule has 12 heteroatoms. The number of nitrogens with one attached hydrogen (secondary N) is 3. The van der Waals surface area contributed by atoms with Crippen LogP contribution in [0.4, 0.5) is 15.4 Å². The number of rotatable bonds is 7. The molecule has 4 atom stereocenters. The van der Waals surface area contributed by atoms with Gasteiger partial charge in [-0.1, -0.05) is 19.9 Å². The van der Waals surface area contributed by atoms with Gasteiger partial charge in [0.05, 0.1) is 7.11 Å². The summed E-state index contributed by atoms with van der Waals surface area (Å²) in [4.78, 5) is 56.6. The molecule has 3 N–H and O–H groups in total. The maximum atomic E-state index is 13.2. The van der Waals surface area contributed by atoms with Gasteiger partial charge in [0.2, 0.25) is 11.8 Å². The van der Waals surface area contributed by atoms with Crippen molar-refractivity contribution in [1.82, 2.24) is 20.5 Å². The van der Waals surface area contributed by atoms with Crippen LogP contribution in [-0.2, 0) is 19.1 Å². The highest BCUT2D eigenvalue weighted by molar-refractivity contribution is 9.10. The molecule has 2 heterocycles. The fourth-order valence-corrected chi connectivity index (χ4v) is 4.81. The van der Waals surface area contributed by atoms with Gasteiger partial charge in [-0.25, -0.2) is 14.6 Å². The van der Waals surface area contributed by atoms with Crippen molar-refractivity contribution in [3.63, 3.8) is 0 Å². The van der Waals surface area contributed by atoms with Crippen LogP contribution in [0.25, 0.3) is 0 Å². The highest BCUT2D eigenvalue weighted by atomic mass is 79.9. The Balaban J connectivity index is 1.75. The van der Waals surface area contributed by atoms with E-state index in [1.54, 1.807) is 39.0 Å². The van der Waals surface area contributed by atoms with E-state index in [1.165, 1.54) is 12.0 Å². The zero-order chi connectivity index (χ0) is 26.8. The van der Waals surface area contributed by atoms with E-state index in [0.717, 1.165) is 0 Å². The fourth-order valence-electron chi connectivity index (χ4n) is 4.47. The number of alkyl carbamates (subject to hydrolysis) is 1. The molecule has 0 radical (unpaired) electrons. The zero-order valence-electron chi connectivity index (χ0n) is 21.4. The Morgan fingerprint density at radius 1 is 1.22 bits per heavy atom. The van der Waals surface area contributed by atoms with Crippen LogP contribution in [0, 0.1) is 11.3 Å². The van der Waals surface area contributed by atoms with Crippen LogP contribution in [0.2, 0.25) is 0 Å². The predicted octanol–water partition coefficient (Wildman–Crippen LogP) is 3.05. The average molecular weight is 568 g/mol. The quantitative estimate of drug-likeness (QED) is 0.430. The molecule has 1 saturated carbocycles. The van der Waals surface area contributed by atoms with E-state index in [4.69, 9.17) is 4.74 Å². The summed E-state index contributed by atoms with van der Waals surface area (Å²) in [7, 11) is 1.23. The number of nitrogens with zero attached hydrogens (tertiary/aromatic N) is 2. The first-order valence-electron chi connectivity index (χ1n) is 11.8. The van der Waals surface area contributed by atoms with Gasteiger partial charge < -0.3 is 25.4 Å². The minimum absolute atomic E-state index is 0.172. The summed E-state index contributed by atoms with van der Waals surface area (Å²) in [6.07, 6.45) is -0.287. The first-order valence-corrected chi connectivity index (χ1v) is 12.6. The SMILES string of the molecule is COC(=O)N[C@H](C(=O)NCC12CC1N(C(=O)OC(C)(C)C)[C@H](C(=O)Nc1cccc(Br)n1)C2)C(C)C. The first-order chi connectivity index (χ1) is 16.8. The molecule has 1 aliphatic carbocycles. The molecule has 1 aromatic rings. The molecule has 0 aromatic carbocycles. The first kappa shape index (κ1) is 27.7. The summed E-state index contributed by atoms with van der Waals surface area (Å²) in [5.74, 6) is -0.549. The summed E-state index contributed by atoms with van der Waals surface area (Å²) in [5.41, 5.74) is -1.20. The van der Waals surface area contributed by atoms with Crippen molar-refractivity contribution >= 4 is 45.7 Å². The molecule has 1 aliphatic heterocycles. The van der Waals surface area contributed by atoms with Gasteiger partial charge in [-0.05, 0) is 67.6 Å². The van der Waals surface area contributed by atoms with E-state index in [-0.39, 0.29) is 30.3 Å². The summed E-state index contributed by atoms with van der Waals surface area (Å²) in [5, 5.41) is 8.23. The second-order valence-electron chi connectivity index (χ2n) is 10.6. The number of fused-ring (bicyclic) bond motifs is 1. The second-order valence-corrected chi connectivity index (χ2v) is 11.4. The van der Waals surface area contributed by atoms with E-state index < -0.39 is 35.3 Å². The van der Waals surface area contributed by atoms with Crippen LogP contribution in [-0.4, -0.2) is 71.3 Å². The van der Waals surface area contributed by atoms with Crippen molar-refractivity contribution in [3.8, 4) is 0 Å². The summed E-state index contributed by atoms with van der Waals surface area (Å²) < 4.78 is 10.8. The number of hydrogen-bond donors (Lipinski definition) is 3. The van der Waals surface area contributed by atoms with E-state index in [0.29, 0.717) is 23.3 Å². The maximum absolute atomic E-state index is 13.2. The van der Waals surface area contributed by atoms with Crippen LogP contribution in [0.1, 0.15) is 47.5 Å². The van der Waals surface area contributed by atoms with Gasteiger partial charge in [0.25, 0.3) is 0 Å². The number of pyridine rings is 1. The van der Waals surface area contributed by atoms with Crippen molar-refractivity contribution in [2.45, 2.75) is 71.2 Å². The van der Waals surface area contributed by atoms with E-state index in [2.05, 4.69) is 41.6 Å². The summed E-state index contributed by atoms with van der Waals surface area (Å²) in [6, 6.07) is 3.32. The fraction of sp³-hybridized carbons (Fsp3) is 0.625. The molecule has 1 aromatic heterocycles. The van der Waals surface area contributed by atoms with Crippen molar-refractivity contribution in [2.75, 3.05) is 19.0 Å². The number of anilines is 1. The number of amides is 4. The lowest BCUT2D eigenvalue weighted by Crippen LogP contribution is -2.50. The molecule has 4 amide bonds. The normalized spacial score (nSPS) is 23.4. The van der Waals surface area contributed by atoms with Gasteiger partial charge in [-0.15, -0.1) is 0 Å². The van der Waals surface area contributed by atoms with Crippen molar-refractivity contribution in [1.29, 1.82) is 0 Å². The van der Waals surface area contributed by atoms with Crippen LogP contribution in [0.15, 0.2) is 22.8 Å². The Bertz CT molecular complexity index is 1030. The van der Waals surface area contributed by atoms with E-state index >= 15 is 0 Å². The summed E-state index contributed by atoms with van der Waals surface area (Å²) in [6.45, 7) is 9.18. The van der Waals surface area contributed by atoms with Gasteiger partial charge in [0.1, 0.15) is 28.1 Å². The van der Waals surface area contributed by atoms with Crippen molar-refractivity contribution in [2.24, 2.45) is 11.3 Å². The van der Waals surface area contributed by atoms with Gasteiger partial charge in [-0.3, -0.25) is 14.5 Å². The number of carbonyl (C=O) groups excluding carboxylic acids is 4. The topological polar surface area (TPSA) is 139 Å². The monoisotopic (exact) mass is 567 g/mol. The van der Waals surface area contributed by atoms with Crippen LogP contribution in [0.3, 0.4) is 0 Å². The second kappa shape index (κ2) is 10.6. The minimum atomic E-state index is -0.787. The number of likely N-dealkylation sites (tertiary alicyclic amines) is 1. The molecule has 198 valence electrons. The molecule has 11 nitrogen and oxygen atoms in total. The Labute approximate surface area is 219 Å². The average Bonchev–Trinajstić information content (AvgIpc) is 3.37. The lowest BCUT2D eigenvalue weighted by molar-refractivity contribution is -0.124. The van der Waals surface area contributed by atoms with Gasteiger partial charge in [0.15, 0.2) is 0 Å². The Morgan fingerprint density at radius 2 is 1.92 bits per heavy atom. The van der Waals surface area contributed by atoms with Crippen molar-refractivity contribution < 1.29 is 28.7 Å². The number of methoxy groups -OCH3 is 1. The smallest absolute Gasteiger partial charge is 0.411 e. The predicted molar refractivity (Wildman–Crippen MR) is 135 cm³/mol. The lowest BCUT2D eigenvalue weighted by atomic mass is 9.98. The molecule has 2 fully saturated rings. The standard InChI is InChI=1S/C24H34BrN5O6/c1-13(2)18(29-21(33)35-6)20(32)26-12-24-10-14(19(31)28-17-9-7-8-16(25)27-17)30(15(24)11-24)22(34)36-23(3,4)5/h7-9,13-15,18H,10-12H2,1-6H3,(H,26,32)(H,29,33)(H,27,28,31)/t14-,15?,18-,24?/m0/s1. The largest absolute Gasteiger partial charge is 0.453 e. The Hall–Kier alpha value is -2.89. The number of halogens is 1. The van der Waals surface area contributed by atoms with E-state index in [1.807, 2.05) is 13.8 Å². The van der Waals surface area contributed by atoms with Gasteiger partial charge in [0, 0.05) is 18.0 Å². The molecule has 1 saturated heterocycles. The molecule has 0 bridgehead atoms. The van der Waals surface area contributed by atoms with Gasteiger partial charge in [-0.2, -0.15) is 0 Å². The number of piperidine rings is 1. The summed E-state index contributed by atoms with van der Waals surface area (Å²) >= 11 is 3.28. The Morgan fingerprint density at radius 3 is 2.50 bits per heavy atom. The molecule has 36 heavy (non-hydrogen) atoms.